The summed E-state index contributed by atoms with van der Waals surface area (Å²) in [4.78, 5) is 8.92. The van der Waals surface area contributed by atoms with Gasteiger partial charge in [-0.1, -0.05) is 22.8 Å². The number of benzene rings is 1. The second-order valence-electron chi connectivity index (χ2n) is 6.53. The molecule has 1 N–H and O–H groups in total. The highest BCUT2D eigenvalue weighted by molar-refractivity contribution is 6.32. The Hall–Kier alpha value is -2.71. The highest BCUT2D eigenvalue weighted by atomic mass is 35.5. The monoisotopic (exact) mass is 387 g/mol. The van der Waals surface area contributed by atoms with Crippen LogP contribution < -0.4 is 4.74 Å². The first-order valence-corrected chi connectivity index (χ1v) is 8.90. The van der Waals surface area contributed by atoms with Gasteiger partial charge in [-0.25, -0.2) is 9.67 Å². The Morgan fingerprint density at radius 3 is 2.89 bits per heavy atom. The molecule has 3 aromatic rings. The summed E-state index contributed by atoms with van der Waals surface area (Å²) in [5.41, 5.74) is 2.08. The van der Waals surface area contributed by atoms with Gasteiger partial charge in [0.05, 0.1) is 23.0 Å². The van der Waals surface area contributed by atoms with Crippen molar-refractivity contribution in [3.8, 4) is 17.2 Å². The van der Waals surface area contributed by atoms with E-state index in [-0.39, 0.29) is 6.10 Å². The van der Waals surface area contributed by atoms with E-state index in [9.17, 15) is 5.11 Å². The number of hydrogen-bond donors (Lipinski definition) is 1. The zero-order chi connectivity index (χ0) is 19.1. The van der Waals surface area contributed by atoms with Gasteiger partial charge in [-0.05, 0) is 38.5 Å². The van der Waals surface area contributed by atoms with Gasteiger partial charge in [0.2, 0.25) is 0 Å². The minimum absolute atomic E-state index is 0.00886. The number of aliphatic hydroxyl groups excluding tert-OH is 1. The molecule has 1 atom stereocenters. The highest BCUT2D eigenvalue weighted by Crippen LogP contribution is 2.37. The maximum Gasteiger partial charge on any atom is 0.263 e. The van der Waals surface area contributed by atoms with E-state index >= 15 is 0 Å². The topological polar surface area (TPSA) is 98.6 Å². The average molecular weight is 388 g/mol. The maximum absolute atomic E-state index is 10.5. The summed E-state index contributed by atoms with van der Waals surface area (Å²) < 4.78 is 12.4. The van der Waals surface area contributed by atoms with E-state index in [4.69, 9.17) is 25.9 Å². The number of rotatable bonds is 4. The number of fused-ring (bicyclic) bond motifs is 1. The predicted molar refractivity (Wildman–Crippen MR) is 99.5 cm³/mol. The van der Waals surface area contributed by atoms with Crippen molar-refractivity contribution in [1.82, 2.24) is 19.9 Å². The second kappa shape index (κ2) is 6.79. The fourth-order valence-corrected chi connectivity index (χ4v) is 3.05. The fourth-order valence-electron chi connectivity index (χ4n) is 2.89. The van der Waals surface area contributed by atoms with Gasteiger partial charge < -0.3 is 14.4 Å². The molecule has 0 amide bonds. The van der Waals surface area contributed by atoms with Gasteiger partial charge in [0.25, 0.3) is 5.89 Å². The van der Waals surface area contributed by atoms with Crippen molar-refractivity contribution in [2.24, 2.45) is 4.99 Å². The lowest BCUT2D eigenvalue weighted by atomic mass is 10.0. The van der Waals surface area contributed by atoms with E-state index in [1.807, 2.05) is 26.0 Å². The molecule has 4 rings (SSSR count). The Morgan fingerprint density at radius 1 is 1.37 bits per heavy atom. The fraction of sp³-hybridized carbons (Fsp3) is 0.333. The lowest BCUT2D eigenvalue weighted by Crippen LogP contribution is -2.19. The van der Waals surface area contributed by atoms with Crippen molar-refractivity contribution in [1.29, 1.82) is 0 Å². The maximum atomic E-state index is 10.5. The molecule has 1 unspecified atom stereocenters. The van der Waals surface area contributed by atoms with E-state index in [1.165, 1.54) is 4.68 Å². The summed E-state index contributed by atoms with van der Waals surface area (Å²) in [5, 5.41) is 19.1. The van der Waals surface area contributed by atoms with Crippen LogP contribution in [-0.4, -0.2) is 36.8 Å². The third kappa shape index (κ3) is 3.33. The molecule has 0 aliphatic carbocycles. The largest absolute Gasteiger partial charge is 0.489 e. The van der Waals surface area contributed by atoms with Crippen LogP contribution in [-0.2, 0) is 0 Å². The van der Waals surface area contributed by atoms with Crippen LogP contribution in [0.2, 0.25) is 5.02 Å². The van der Waals surface area contributed by atoms with Gasteiger partial charge in [-0.2, -0.15) is 10.1 Å². The third-order valence-corrected chi connectivity index (χ3v) is 4.37. The molecule has 0 saturated carbocycles. The van der Waals surface area contributed by atoms with Crippen molar-refractivity contribution in [2.45, 2.75) is 39.5 Å². The lowest BCUT2D eigenvalue weighted by Gasteiger charge is -2.21. The Kier molecular flexibility index (Phi) is 4.45. The van der Waals surface area contributed by atoms with E-state index in [2.05, 4.69) is 15.2 Å². The average Bonchev–Trinajstić information content (AvgIpc) is 3.22. The normalized spacial score (nSPS) is 16.4. The first-order valence-electron chi connectivity index (χ1n) is 8.52. The van der Waals surface area contributed by atoms with Gasteiger partial charge in [0, 0.05) is 6.42 Å². The van der Waals surface area contributed by atoms with E-state index in [0.29, 0.717) is 46.0 Å². The Morgan fingerprint density at radius 2 is 2.19 bits per heavy atom. The summed E-state index contributed by atoms with van der Waals surface area (Å²) >= 11 is 6.22. The van der Waals surface area contributed by atoms with Crippen LogP contribution >= 0.6 is 11.6 Å². The molecular weight excluding hydrogens is 370 g/mol. The summed E-state index contributed by atoms with van der Waals surface area (Å²) in [6.07, 6.45) is 1.01. The number of aryl methyl sites for hydroxylation is 1. The number of aliphatic imine (C=N–C) groups is 1. The molecule has 1 aliphatic rings. The van der Waals surface area contributed by atoms with E-state index in [1.54, 1.807) is 19.2 Å². The SMILES string of the molecule is Cc1noc(-c2cnn3c2N=C(c2ccc(Cl)c(OC(C)C)c2)CC3O)n1. The Labute approximate surface area is 160 Å². The molecule has 0 saturated heterocycles. The predicted octanol–water partition coefficient (Wildman–Crippen LogP) is 3.70. The number of nitrogens with zero attached hydrogens (tertiary/aromatic N) is 5. The molecule has 0 fully saturated rings. The van der Waals surface area contributed by atoms with Crippen molar-refractivity contribution in [3.63, 3.8) is 0 Å². The number of halogens is 1. The zero-order valence-electron chi connectivity index (χ0n) is 15.0. The number of hydrogen-bond acceptors (Lipinski definition) is 7. The summed E-state index contributed by atoms with van der Waals surface area (Å²) in [5.74, 6) is 1.87. The molecule has 8 nitrogen and oxygen atoms in total. The van der Waals surface area contributed by atoms with Crippen molar-refractivity contribution < 1.29 is 14.4 Å². The number of aliphatic hydroxyl groups is 1. The quantitative estimate of drug-likeness (QED) is 0.732. The van der Waals surface area contributed by atoms with Crippen LogP contribution in [0.5, 0.6) is 5.75 Å². The van der Waals surface area contributed by atoms with Gasteiger partial charge in [0.1, 0.15) is 11.3 Å². The molecule has 9 heteroatoms. The summed E-state index contributed by atoms with van der Waals surface area (Å²) in [6.45, 7) is 5.60. The number of aromatic nitrogens is 4. The zero-order valence-corrected chi connectivity index (χ0v) is 15.8. The molecule has 1 aromatic carbocycles. The van der Waals surface area contributed by atoms with Crippen molar-refractivity contribution in [3.05, 3.63) is 40.8 Å². The van der Waals surface area contributed by atoms with E-state index < -0.39 is 6.23 Å². The molecule has 0 bridgehead atoms. The van der Waals surface area contributed by atoms with Crippen molar-refractivity contribution >= 4 is 23.1 Å². The van der Waals surface area contributed by atoms with Crippen molar-refractivity contribution in [2.75, 3.05) is 0 Å². The molecular formula is C18H18ClN5O3. The summed E-state index contributed by atoms with van der Waals surface area (Å²) in [7, 11) is 0. The third-order valence-electron chi connectivity index (χ3n) is 4.05. The van der Waals surface area contributed by atoms with E-state index in [0.717, 1.165) is 5.56 Å². The second-order valence-corrected chi connectivity index (χ2v) is 6.94. The van der Waals surface area contributed by atoms with Crippen LogP contribution in [0.1, 0.15) is 37.9 Å². The van der Waals surface area contributed by atoms with Gasteiger partial charge in [-0.15, -0.1) is 0 Å². The molecule has 0 spiro atoms. The van der Waals surface area contributed by atoms with Crippen LogP contribution in [0.25, 0.3) is 11.5 Å². The molecule has 27 heavy (non-hydrogen) atoms. The molecule has 2 aromatic heterocycles. The molecule has 140 valence electrons. The minimum atomic E-state index is -0.851. The van der Waals surface area contributed by atoms with Crippen LogP contribution in [0.15, 0.2) is 33.9 Å². The highest BCUT2D eigenvalue weighted by Gasteiger charge is 2.27. The van der Waals surface area contributed by atoms with Crippen LogP contribution in [0.4, 0.5) is 5.82 Å². The number of ether oxygens (including phenoxy) is 1. The first-order chi connectivity index (χ1) is 12.9. The molecule has 3 heterocycles. The smallest absolute Gasteiger partial charge is 0.263 e. The standard InChI is InChI=1S/C18H18ClN5O3/c1-9(2)26-15-6-11(4-5-13(15)19)14-7-16(25)24-17(22-14)12(8-20-24)18-21-10(3)23-27-18/h4-6,8-9,16,25H,7H2,1-3H3. The Bertz CT molecular complexity index is 1020. The Balaban J connectivity index is 1.77. The lowest BCUT2D eigenvalue weighted by molar-refractivity contribution is 0.0976. The molecule has 0 radical (unpaired) electrons. The van der Waals surface area contributed by atoms with Crippen LogP contribution in [0, 0.1) is 6.92 Å². The minimum Gasteiger partial charge on any atom is -0.489 e. The first kappa shape index (κ1) is 17.7. The molecule has 1 aliphatic heterocycles. The van der Waals surface area contributed by atoms with Gasteiger partial charge in [0.15, 0.2) is 17.9 Å². The van der Waals surface area contributed by atoms with Crippen LogP contribution in [0.3, 0.4) is 0 Å². The van der Waals surface area contributed by atoms with Gasteiger partial charge in [-0.3, -0.25) is 0 Å². The summed E-state index contributed by atoms with van der Waals surface area (Å²) in [6, 6.07) is 5.44. The van der Waals surface area contributed by atoms with Gasteiger partial charge >= 0.3 is 0 Å².